The fourth-order valence-electron chi connectivity index (χ4n) is 1.91. The van der Waals surface area contributed by atoms with E-state index in [2.05, 4.69) is 0 Å². The molecule has 1 N–H and O–H groups in total. The summed E-state index contributed by atoms with van der Waals surface area (Å²) in [4.78, 5) is 21.0. The third kappa shape index (κ3) is 1.24. The molecule has 3 nitrogen and oxygen atoms in total. The lowest BCUT2D eigenvalue weighted by molar-refractivity contribution is -0.139. The van der Waals surface area contributed by atoms with Gasteiger partial charge in [-0.15, -0.1) is 0 Å². The Labute approximate surface area is 71.8 Å². The molecule has 0 aromatic heterocycles. The molecule has 2 atom stereocenters. The lowest BCUT2D eigenvalue weighted by Gasteiger charge is -2.17. The predicted octanol–water partition coefficient (Wildman–Crippen LogP) is 1.32. The number of carbonyl (C=O) groups is 2. The molecule has 0 radical (unpaired) electrons. The maximum atomic E-state index is 10.6. The molecule has 1 rings (SSSR count). The topological polar surface area (TPSA) is 54.4 Å². The van der Waals surface area contributed by atoms with Crippen LogP contribution in [0.15, 0.2) is 0 Å². The summed E-state index contributed by atoms with van der Waals surface area (Å²) >= 11 is 0. The van der Waals surface area contributed by atoms with E-state index >= 15 is 0 Å². The average Bonchev–Trinajstić information content (AvgIpc) is 2.65. The first kappa shape index (κ1) is 9.23. The molecule has 0 bridgehead atoms. The average molecular weight is 170 g/mol. The smallest absolute Gasteiger partial charge is 0.307 e. The molecular weight excluding hydrogens is 156 g/mol. The van der Waals surface area contributed by atoms with Crippen LogP contribution in [0.4, 0.5) is 0 Å². The number of carboxylic acid groups (broad SMARTS) is 1. The quantitative estimate of drug-likeness (QED) is 0.647. The van der Waals surface area contributed by atoms with Gasteiger partial charge in [0.05, 0.1) is 5.92 Å². The molecule has 2 unspecified atom stereocenters. The standard InChI is InChI=1S/C9H14O3/c1-6(2)9(3-4-10)5-7(9)8(11)12/h4,6-7H,3,5H2,1-2H3,(H,11,12). The molecule has 1 fully saturated rings. The van der Waals surface area contributed by atoms with Crippen LogP contribution in [0.3, 0.4) is 0 Å². The summed E-state index contributed by atoms with van der Waals surface area (Å²) in [5.41, 5.74) is -0.229. The Morgan fingerprint density at radius 3 is 2.58 bits per heavy atom. The molecule has 0 aromatic carbocycles. The Bertz CT molecular complexity index is 210. The van der Waals surface area contributed by atoms with Crippen LogP contribution >= 0.6 is 0 Å². The second-order valence-corrected chi connectivity index (χ2v) is 3.85. The molecule has 1 saturated carbocycles. The van der Waals surface area contributed by atoms with Gasteiger partial charge in [-0.2, -0.15) is 0 Å². The minimum Gasteiger partial charge on any atom is -0.481 e. The highest BCUT2D eigenvalue weighted by Gasteiger charge is 2.59. The van der Waals surface area contributed by atoms with Crippen LogP contribution in [-0.2, 0) is 9.59 Å². The first-order valence-corrected chi connectivity index (χ1v) is 4.21. The monoisotopic (exact) mass is 170 g/mol. The van der Waals surface area contributed by atoms with Crippen LogP contribution in [0.2, 0.25) is 0 Å². The number of aliphatic carboxylic acids is 1. The molecule has 0 aliphatic heterocycles. The second-order valence-electron chi connectivity index (χ2n) is 3.85. The van der Waals surface area contributed by atoms with Crippen molar-refractivity contribution >= 4 is 12.3 Å². The highest BCUT2D eigenvalue weighted by molar-refractivity contribution is 5.76. The molecular formula is C9H14O3. The van der Waals surface area contributed by atoms with E-state index in [9.17, 15) is 9.59 Å². The summed E-state index contributed by atoms with van der Waals surface area (Å²) in [5.74, 6) is -0.767. The van der Waals surface area contributed by atoms with Gasteiger partial charge >= 0.3 is 5.97 Å². The van der Waals surface area contributed by atoms with Crippen molar-refractivity contribution in [3.05, 3.63) is 0 Å². The van der Waals surface area contributed by atoms with E-state index in [0.717, 1.165) is 6.29 Å². The minimum atomic E-state index is -0.759. The number of rotatable bonds is 4. The number of hydrogen-bond acceptors (Lipinski definition) is 2. The Balaban J connectivity index is 2.68. The highest BCUT2D eigenvalue weighted by Crippen LogP contribution is 2.59. The van der Waals surface area contributed by atoms with E-state index < -0.39 is 5.97 Å². The van der Waals surface area contributed by atoms with Gasteiger partial charge in [0.1, 0.15) is 6.29 Å². The number of carbonyl (C=O) groups excluding carboxylic acids is 1. The highest BCUT2D eigenvalue weighted by atomic mass is 16.4. The molecule has 0 saturated heterocycles. The zero-order valence-electron chi connectivity index (χ0n) is 7.41. The molecule has 68 valence electrons. The number of carboxylic acids is 1. The van der Waals surface area contributed by atoms with Crippen molar-refractivity contribution in [3.8, 4) is 0 Å². The summed E-state index contributed by atoms with van der Waals surface area (Å²) in [6.45, 7) is 3.96. The third-order valence-electron chi connectivity index (χ3n) is 3.03. The summed E-state index contributed by atoms with van der Waals surface area (Å²) in [5, 5.41) is 8.75. The van der Waals surface area contributed by atoms with E-state index in [-0.39, 0.29) is 17.3 Å². The van der Waals surface area contributed by atoms with Gasteiger partial charge in [-0.3, -0.25) is 4.79 Å². The van der Waals surface area contributed by atoms with Gasteiger partial charge in [-0.1, -0.05) is 13.8 Å². The van der Waals surface area contributed by atoms with Gasteiger partial charge in [-0.05, 0) is 17.8 Å². The van der Waals surface area contributed by atoms with Gasteiger partial charge in [0, 0.05) is 6.42 Å². The van der Waals surface area contributed by atoms with Crippen molar-refractivity contribution in [2.45, 2.75) is 26.7 Å². The summed E-state index contributed by atoms with van der Waals surface area (Å²) in [6, 6.07) is 0. The minimum absolute atomic E-state index is 0.229. The lowest BCUT2D eigenvalue weighted by atomic mass is 9.87. The zero-order chi connectivity index (χ0) is 9.35. The van der Waals surface area contributed by atoms with Crippen LogP contribution in [0, 0.1) is 17.3 Å². The van der Waals surface area contributed by atoms with E-state index in [1.54, 1.807) is 0 Å². The molecule has 0 heterocycles. The maximum Gasteiger partial charge on any atom is 0.307 e. The van der Waals surface area contributed by atoms with Crippen molar-refractivity contribution < 1.29 is 14.7 Å². The van der Waals surface area contributed by atoms with Gasteiger partial charge in [0.15, 0.2) is 0 Å². The SMILES string of the molecule is CC(C)C1(CC=O)CC1C(=O)O. The van der Waals surface area contributed by atoms with E-state index in [1.165, 1.54) is 0 Å². The normalized spacial score (nSPS) is 33.4. The van der Waals surface area contributed by atoms with Crippen molar-refractivity contribution in [2.24, 2.45) is 17.3 Å². The zero-order valence-corrected chi connectivity index (χ0v) is 7.41. The number of aldehydes is 1. The van der Waals surface area contributed by atoms with Crippen LogP contribution in [0.25, 0.3) is 0 Å². The Hall–Kier alpha value is -0.860. The van der Waals surface area contributed by atoms with E-state index in [1.807, 2.05) is 13.8 Å². The van der Waals surface area contributed by atoms with Crippen LogP contribution in [-0.4, -0.2) is 17.4 Å². The fraction of sp³-hybridized carbons (Fsp3) is 0.778. The van der Waals surface area contributed by atoms with Crippen molar-refractivity contribution in [1.82, 2.24) is 0 Å². The first-order valence-electron chi connectivity index (χ1n) is 4.21. The predicted molar refractivity (Wildman–Crippen MR) is 43.7 cm³/mol. The van der Waals surface area contributed by atoms with Gasteiger partial charge < -0.3 is 9.90 Å². The molecule has 1 aliphatic rings. The Morgan fingerprint density at radius 2 is 2.33 bits per heavy atom. The van der Waals surface area contributed by atoms with E-state index in [4.69, 9.17) is 5.11 Å². The van der Waals surface area contributed by atoms with Crippen molar-refractivity contribution in [2.75, 3.05) is 0 Å². The maximum absolute atomic E-state index is 10.6. The molecule has 1 aliphatic carbocycles. The van der Waals surface area contributed by atoms with Gasteiger partial charge in [-0.25, -0.2) is 0 Å². The van der Waals surface area contributed by atoms with Gasteiger partial charge in [0.2, 0.25) is 0 Å². The number of hydrogen-bond donors (Lipinski definition) is 1. The Morgan fingerprint density at radius 1 is 1.75 bits per heavy atom. The largest absolute Gasteiger partial charge is 0.481 e. The summed E-state index contributed by atoms with van der Waals surface area (Å²) < 4.78 is 0. The van der Waals surface area contributed by atoms with Crippen molar-refractivity contribution in [1.29, 1.82) is 0 Å². The fourth-order valence-corrected chi connectivity index (χ4v) is 1.91. The second kappa shape index (κ2) is 2.88. The van der Waals surface area contributed by atoms with Crippen molar-refractivity contribution in [3.63, 3.8) is 0 Å². The summed E-state index contributed by atoms with van der Waals surface area (Å²) in [7, 11) is 0. The lowest BCUT2D eigenvalue weighted by Crippen LogP contribution is -2.17. The van der Waals surface area contributed by atoms with Crippen LogP contribution in [0.5, 0.6) is 0 Å². The first-order chi connectivity index (χ1) is 5.54. The molecule has 3 heteroatoms. The molecule has 0 aromatic rings. The summed E-state index contributed by atoms with van der Waals surface area (Å²) in [6.07, 6.45) is 1.89. The molecule has 12 heavy (non-hydrogen) atoms. The molecule has 0 spiro atoms. The van der Waals surface area contributed by atoms with Crippen LogP contribution in [0.1, 0.15) is 26.7 Å². The van der Waals surface area contributed by atoms with Gasteiger partial charge in [0.25, 0.3) is 0 Å². The third-order valence-corrected chi connectivity index (χ3v) is 3.03. The Kier molecular flexibility index (Phi) is 2.22. The molecule has 0 amide bonds. The van der Waals surface area contributed by atoms with E-state index in [0.29, 0.717) is 12.8 Å². The van der Waals surface area contributed by atoms with Crippen LogP contribution < -0.4 is 0 Å².